The van der Waals surface area contributed by atoms with Crippen LogP contribution in [0.2, 0.25) is 0 Å². The van der Waals surface area contributed by atoms with Crippen LogP contribution in [0.3, 0.4) is 0 Å². The van der Waals surface area contributed by atoms with Crippen molar-refractivity contribution in [3.63, 3.8) is 0 Å². The summed E-state index contributed by atoms with van der Waals surface area (Å²) in [7, 11) is 3.89. The molecule has 1 spiro atoms. The number of carboxylic acid groups (broad SMARTS) is 1. The lowest BCUT2D eigenvalue weighted by molar-refractivity contribution is -0.204. The van der Waals surface area contributed by atoms with E-state index >= 15 is 0 Å². The van der Waals surface area contributed by atoms with Gasteiger partial charge in [-0.25, -0.2) is 0 Å². The third-order valence-electron chi connectivity index (χ3n) is 7.95. The van der Waals surface area contributed by atoms with Crippen LogP contribution < -0.4 is 10.1 Å². The van der Waals surface area contributed by atoms with Gasteiger partial charge in [-0.2, -0.15) is 0 Å². The number of ether oxygens (including phenoxy) is 2. The van der Waals surface area contributed by atoms with Crippen LogP contribution in [-0.4, -0.2) is 83.3 Å². The van der Waals surface area contributed by atoms with Gasteiger partial charge in [-0.15, -0.1) is 0 Å². The lowest BCUT2D eigenvalue weighted by Gasteiger charge is -2.65. The van der Waals surface area contributed by atoms with Crippen molar-refractivity contribution in [2.24, 2.45) is 0 Å². The van der Waals surface area contributed by atoms with Crippen molar-refractivity contribution in [1.29, 1.82) is 0 Å². The fraction of sp³-hybridized carbons (Fsp3) is 0.667. The minimum atomic E-state index is -1.09. The van der Waals surface area contributed by atoms with Crippen molar-refractivity contribution in [1.82, 2.24) is 10.2 Å². The van der Waals surface area contributed by atoms with E-state index in [4.69, 9.17) is 9.47 Å². The zero-order valence-electron chi connectivity index (χ0n) is 16.7. The van der Waals surface area contributed by atoms with Gasteiger partial charge in [0.2, 0.25) is 0 Å². The molecule has 8 nitrogen and oxygen atoms in total. The Balaban J connectivity index is 1.68. The minimum absolute atomic E-state index is 0.116. The highest BCUT2D eigenvalue weighted by atomic mass is 16.5. The van der Waals surface area contributed by atoms with Gasteiger partial charge in [-0.1, -0.05) is 6.07 Å². The van der Waals surface area contributed by atoms with Crippen LogP contribution in [-0.2, 0) is 21.4 Å². The molecule has 6 atom stereocenters. The number of hydrogen-bond acceptors (Lipinski definition) is 7. The van der Waals surface area contributed by atoms with Crippen molar-refractivity contribution in [2.75, 3.05) is 27.3 Å². The summed E-state index contributed by atoms with van der Waals surface area (Å²) >= 11 is 0. The van der Waals surface area contributed by atoms with Crippen molar-refractivity contribution >= 4 is 5.97 Å². The Bertz CT molecular complexity index is 862. The predicted molar refractivity (Wildman–Crippen MR) is 103 cm³/mol. The number of nitrogens with one attached hydrogen (secondary N) is 1. The average Bonchev–Trinajstić information content (AvgIpc) is 3.06. The van der Waals surface area contributed by atoms with E-state index in [9.17, 15) is 20.1 Å². The smallest absolute Gasteiger partial charge is 0.323 e. The van der Waals surface area contributed by atoms with Crippen molar-refractivity contribution in [3.05, 3.63) is 23.3 Å². The number of rotatable bonds is 5. The molecule has 5 rings (SSSR count). The molecule has 2 heterocycles. The molecule has 0 amide bonds. The lowest BCUT2D eigenvalue weighted by Crippen LogP contribution is -2.78. The Morgan fingerprint density at radius 3 is 2.93 bits per heavy atom. The van der Waals surface area contributed by atoms with Gasteiger partial charge in [0.15, 0.2) is 11.5 Å². The van der Waals surface area contributed by atoms with E-state index in [2.05, 4.69) is 17.3 Å². The summed E-state index contributed by atoms with van der Waals surface area (Å²) in [6, 6.07) is 2.53. The highest BCUT2D eigenvalue weighted by molar-refractivity contribution is 5.73. The topological polar surface area (TPSA) is 111 Å². The number of nitrogens with zero attached hydrogens (tertiary/aromatic N) is 1. The number of aliphatic hydroxyl groups excluding tert-OH is 1. The van der Waals surface area contributed by atoms with Crippen molar-refractivity contribution in [3.8, 4) is 11.5 Å². The molecular weight excluding hydrogens is 376 g/mol. The lowest BCUT2D eigenvalue weighted by atomic mass is 9.48. The summed E-state index contributed by atoms with van der Waals surface area (Å²) in [5.74, 6) is -0.454. The van der Waals surface area contributed by atoms with Gasteiger partial charge in [0.05, 0.1) is 17.6 Å². The second-order valence-electron chi connectivity index (χ2n) is 8.89. The number of likely N-dealkylation sites (N-methyl/N-ethyl adjacent to an activating group) is 1. The Labute approximate surface area is 169 Å². The zero-order chi connectivity index (χ0) is 20.6. The first-order valence-corrected chi connectivity index (χ1v) is 10.3. The van der Waals surface area contributed by atoms with Gasteiger partial charge in [-0.3, -0.25) is 10.1 Å². The number of likely N-dealkylation sites (tertiary alicyclic amines) is 1. The number of phenolic OH excluding ortho intramolecular Hbond substituents is 1. The van der Waals surface area contributed by atoms with Gasteiger partial charge < -0.3 is 29.7 Å². The van der Waals surface area contributed by atoms with Crippen LogP contribution >= 0.6 is 0 Å². The maximum atomic E-state index is 11.5. The fourth-order valence-electron chi connectivity index (χ4n) is 6.77. The van der Waals surface area contributed by atoms with Crippen molar-refractivity contribution < 1.29 is 29.6 Å². The number of piperidine rings is 1. The van der Waals surface area contributed by atoms with Gasteiger partial charge in [0.1, 0.15) is 12.1 Å². The second-order valence-corrected chi connectivity index (χ2v) is 8.89. The number of phenols is 1. The molecule has 1 aromatic carbocycles. The number of aliphatic carboxylic acids is 1. The van der Waals surface area contributed by atoms with Crippen LogP contribution in [0.25, 0.3) is 0 Å². The number of benzene rings is 1. The first-order valence-electron chi connectivity index (χ1n) is 10.3. The number of aliphatic hydroxyl groups is 1. The average molecular weight is 404 g/mol. The maximum absolute atomic E-state index is 11.5. The molecule has 0 aromatic heterocycles. The quantitative estimate of drug-likeness (QED) is 0.552. The summed E-state index contributed by atoms with van der Waals surface area (Å²) in [5.41, 5.74) is 1.28. The second kappa shape index (κ2) is 6.31. The Kier molecular flexibility index (Phi) is 4.16. The molecular formula is C21H28N2O6. The molecule has 2 aliphatic carbocycles. The molecule has 29 heavy (non-hydrogen) atoms. The molecule has 2 bridgehead atoms. The SMILES string of the molecule is CO[C@@]12CC[C@@H](N[C@@H](CO)C(=O)O)[C@@H]3Oc4c(O)ccc5c4[C@@]31CCN(C)[C@@H]2C5. The monoisotopic (exact) mass is 404 g/mol. The van der Waals surface area contributed by atoms with E-state index in [1.54, 1.807) is 13.2 Å². The summed E-state index contributed by atoms with van der Waals surface area (Å²) in [6.07, 6.45) is 2.68. The molecule has 1 aromatic rings. The molecule has 0 unspecified atom stereocenters. The first-order chi connectivity index (χ1) is 13.9. The summed E-state index contributed by atoms with van der Waals surface area (Å²) in [6.45, 7) is 0.384. The third-order valence-corrected chi connectivity index (χ3v) is 7.95. The van der Waals surface area contributed by atoms with E-state index in [1.165, 1.54) is 5.56 Å². The van der Waals surface area contributed by atoms with Gasteiger partial charge in [-0.05, 0) is 50.9 Å². The number of carboxylic acids is 1. The zero-order valence-corrected chi connectivity index (χ0v) is 16.7. The number of aromatic hydroxyl groups is 1. The Morgan fingerprint density at radius 1 is 1.45 bits per heavy atom. The normalized spacial score (nSPS) is 38.2. The van der Waals surface area contributed by atoms with E-state index in [0.29, 0.717) is 12.2 Å². The largest absolute Gasteiger partial charge is 0.504 e. The number of methoxy groups -OCH3 is 1. The summed E-state index contributed by atoms with van der Waals surface area (Å²) in [5, 5.41) is 32.7. The van der Waals surface area contributed by atoms with E-state index in [0.717, 1.165) is 31.4 Å². The Morgan fingerprint density at radius 2 is 2.24 bits per heavy atom. The molecule has 4 N–H and O–H groups in total. The molecule has 1 saturated heterocycles. The molecule has 158 valence electrons. The van der Waals surface area contributed by atoms with Crippen LogP contribution in [0.15, 0.2) is 12.1 Å². The van der Waals surface area contributed by atoms with E-state index < -0.39 is 29.6 Å². The number of carbonyl (C=O) groups is 1. The third kappa shape index (κ3) is 2.20. The highest BCUT2D eigenvalue weighted by Gasteiger charge is 2.73. The standard InChI is InChI=1S/C21H28N2O6/c1-23-8-7-20-16-11-3-4-14(25)17(16)29-18(20)12(22-13(10-24)19(26)27)5-6-21(20,28-2)15(23)9-11/h3-4,12-13,15,18,22,24-25H,5-10H2,1-2H3,(H,26,27)/t12-,13+,15-,18+,20+,21-/m1/s1. The molecule has 2 aliphatic heterocycles. The van der Waals surface area contributed by atoms with Crippen molar-refractivity contribution in [2.45, 2.75) is 60.9 Å². The highest BCUT2D eigenvalue weighted by Crippen LogP contribution is 2.66. The van der Waals surface area contributed by atoms with Crippen LogP contribution in [0.4, 0.5) is 0 Å². The first kappa shape index (κ1) is 19.1. The van der Waals surface area contributed by atoms with Crippen LogP contribution in [0.1, 0.15) is 30.4 Å². The molecule has 1 saturated carbocycles. The molecule has 0 radical (unpaired) electrons. The van der Waals surface area contributed by atoms with Crippen LogP contribution in [0.5, 0.6) is 11.5 Å². The van der Waals surface area contributed by atoms with E-state index in [1.807, 2.05) is 6.07 Å². The van der Waals surface area contributed by atoms with Crippen LogP contribution in [0, 0.1) is 0 Å². The van der Waals surface area contributed by atoms with Gasteiger partial charge >= 0.3 is 5.97 Å². The summed E-state index contributed by atoms with van der Waals surface area (Å²) in [4.78, 5) is 13.9. The fourth-order valence-corrected chi connectivity index (χ4v) is 6.77. The minimum Gasteiger partial charge on any atom is -0.504 e. The van der Waals surface area contributed by atoms with Gasteiger partial charge in [0.25, 0.3) is 0 Å². The van der Waals surface area contributed by atoms with E-state index in [-0.39, 0.29) is 23.9 Å². The molecule has 2 fully saturated rings. The molecule has 8 heteroatoms. The maximum Gasteiger partial charge on any atom is 0.323 e. The number of hydrogen-bond donors (Lipinski definition) is 4. The Hall–Kier alpha value is -1.87. The van der Waals surface area contributed by atoms with Gasteiger partial charge in [0, 0.05) is 24.8 Å². The predicted octanol–water partition coefficient (Wildman–Crippen LogP) is 0.234. The summed E-state index contributed by atoms with van der Waals surface area (Å²) < 4.78 is 12.8. The molecule has 4 aliphatic rings.